The molecule has 98 valence electrons. The highest BCUT2D eigenvalue weighted by molar-refractivity contribution is 5.87. The molecular formula is C12H14O6. The molecule has 18 heavy (non-hydrogen) atoms. The van der Waals surface area contributed by atoms with E-state index in [2.05, 4.69) is 9.47 Å². The average molecular weight is 254 g/mol. The summed E-state index contributed by atoms with van der Waals surface area (Å²) in [4.78, 5) is 21.0. The number of rotatable bonds is 9. The highest BCUT2D eigenvalue weighted by Crippen LogP contribution is 1.83. The molecule has 0 aliphatic heterocycles. The quantitative estimate of drug-likeness (QED) is 0.236. The molecule has 0 aromatic carbocycles. The molecule has 0 aliphatic rings. The number of carbonyl (C=O) groups is 2. The van der Waals surface area contributed by atoms with Crippen LogP contribution in [0.5, 0.6) is 0 Å². The maximum Gasteiger partial charge on any atom is 0.384 e. The van der Waals surface area contributed by atoms with Gasteiger partial charge in [-0.2, -0.15) is 0 Å². The zero-order chi connectivity index (χ0) is 13.6. The summed E-state index contributed by atoms with van der Waals surface area (Å²) in [5, 5.41) is 0. The van der Waals surface area contributed by atoms with Crippen LogP contribution in [-0.4, -0.2) is 51.6 Å². The largest absolute Gasteiger partial charge is 0.454 e. The number of ether oxygens (including phenoxy) is 4. The minimum Gasteiger partial charge on any atom is -0.454 e. The van der Waals surface area contributed by atoms with Crippen LogP contribution < -0.4 is 0 Å². The summed E-state index contributed by atoms with van der Waals surface area (Å²) in [5.41, 5.74) is 0. The molecule has 6 nitrogen and oxygen atoms in total. The van der Waals surface area contributed by atoms with E-state index < -0.39 is 11.9 Å². The number of carbonyl (C=O) groups excluding carboxylic acids is 2. The molecule has 0 N–H and O–H groups in total. The van der Waals surface area contributed by atoms with E-state index >= 15 is 0 Å². The Morgan fingerprint density at radius 2 is 1.06 bits per heavy atom. The molecule has 6 heteroatoms. The lowest BCUT2D eigenvalue weighted by molar-refractivity contribution is -0.140. The molecule has 0 radical (unpaired) electrons. The van der Waals surface area contributed by atoms with Crippen molar-refractivity contribution in [2.24, 2.45) is 0 Å². The van der Waals surface area contributed by atoms with Gasteiger partial charge in [-0.25, -0.2) is 9.59 Å². The molecule has 0 atom stereocenters. The van der Waals surface area contributed by atoms with E-state index in [4.69, 9.17) is 22.3 Å². The predicted octanol–water partition coefficient (Wildman–Crippen LogP) is -0.628. The maximum atomic E-state index is 10.5. The predicted molar refractivity (Wildman–Crippen MR) is 61.2 cm³/mol. The van der Waals surface area contributed by atoms with Gasteiger partial charge in [-0.15, -0.1) is 12.8 Å². The summed E-state index contributed by atoms with van der Waals surface area (Å²) in [5.74, 6) is 2.18. The third-order valence-electron chi connectivity index (χ3n) is 1.53. The van der Waals surface area contributed by atoms with E-state index in [0.717, 1.165) is 0 Å². The molecule has 0 amide bonds. The topological polar surface area (TPSA) is 71.1 Å². The number of esters is 2. The van der Waals surface area contributed by atoms with Gasteiger partial charge in [0.1, 0.15) is 13.2 Å². The first-order chi connectivity index (χ1) is 8.70. The fraction of sp³-hybridized carbons (Fsp3) is 0.500. The van der Waals surface area contributed by atoms with Crippen LogP contribution in [0.2, 0.25) is 0 Å². The molecule has 0 bridgehead atoms. The van der Waals surface area contributed by atoms with Gasteiger partial charge < -0.3 is 18.9 Å². The van der Waals surface area contributed by atoms with Crippen LogP contribution in [0, 0.1) is 24.7 Å². The smallest absolute Gasteiger partial charge is 0.384 e. The van der Waals surface area contributed by atoms with Crippen LogP contribution in [0.15, 0.2) is 0 Å². The highest BCUT2D eigenvalue weighted by Gasteiger charge is 1.97. The van der Waals surface area contributed by atoms with E-state index in [1.165, 1.54) is 0 Å². The van der Waals surface area contributed by atoms with Crippen LogP contribution in [0.3, 0.4) is 0 Å². The van der Waals surface area contributed by atoms with Gasteiger partial charge in [-0.1, -0.05) is 0 Å². The molecular weight excluding hydrogens is 240 g/mol. The van der Waals surface area contributed by atoms with Crippen molar-refractivity contribution < 1.29 is 28.5 Å². The van der Waals surface area contributed by atoms with Gasteiger partial charge in [0.2, 0.25) is 0 Å². The molecule has 0 aliphatic carbocycles. The monoisotopic (exact) mass is 254 g/mol. The zero-order valence-corrected chi connectivity index (χ0v) is 9.85. The van der Waals surface area contributed by atoms with Crippen molar-refractivity contribution in [2.75, 3.05) is 39.6 Å². The van der Waals surface area contributed by atoms with Gasteiger partial charge in [-0.05, 0) is 0 Å². The number of hydrogen-bond donors (Lipinski definition) is 0. The molecule has 0 saturated carbocycles. The van der Waals surface area contributed by atoms with Crippen molar-refractivity contribution in [3.05, 3.63) is 0 Å². The Labute approximate surface area is 106 Å². The molecule has 0 aromatic rings. The first-order valence-corrected chi connectivity index (χ1v) is 5.13. The Balaban J connectivity index is 3.13. The Hall–Kier alpha value is -2.02. The second kappa shape index (κ2) is 11.5. The summed E-state index contributed by atoms with van der Waals surface area (Å²) in [6.45, 7) is 1.34. The number of hydrogen-bond acceptors (Lipinski definition) is 6. The van der Waals surface area contributed by atoms with Crippen molar-refractivity contribution in [3.63, 3.8) is 0 Å². The maximum absolute atomic E-state index is 10.5. The molecule has 0 heterocycles. The van der Waals surface area contributed by atoms with Crippen molar-refractivity contribution in [1.82, 2.24) is 0 Å². The van der Waals surface area contributed by atoms with E-state index in [9.17, 15) is 9.59 Å². The Morgan fingerprint density at radius 1 is 0.722 bits per heavy atom. The van der Waals surface area contributed by atoms with Gasteiger partial charge in [-0.3, -0.25) is 0 Å². The number of terminal acetylenes is 2. The highest BCUT2D eigenvalue weighted by atomic mass is 16.6. The third kappa shape index (κ3) is 10.5. The van der Waals surface area contributed by atoms with Gasteiger partial charge in [0.15, 0.2) is 0 Å². The minimum absolute atomic E-state index is 0.100. The van der Waals surface area contributed by atoms with Crippen LogP contribution in [0.4, 0.5) is 0 Å². The van der Waals surface area contributed by atoms with Crippen LogP contribution in [-0.2, 0) is 28.5 Å². The standard InChI is InChI=1S/C12H14O6/c1-3-11(13)17-9-7-15-5-6-16-8-10-18-12(14)4-2/h1-2H,5-10H2. The SMILES string of the molecule is C#CC(=O)OCCOCCOCCOC(=O)C#C. The zero-order valence-electron chi connectivity index (χ0n) is 9.85. The van der Waals surface area contributed by atoms with Crippen LogP contribution in [0.1, 0.15) is 0 Å². The van der Waals surface area contributed by atoms with Crippen LogP contribution >= 0.6 is 0 Å². The summed E-state index contributed by atoms with van der Waals surface area (Å²) in [6.07, 6.45) is 9.56. The van der Waals surface area contributed by atoms with E-state index in [-0.39, 0.29) is 26.4 Å². The lowest BCUT2D eigenvalue weighted by Gasteiger charge is -2.05. The lowest BCUT2D eigenvalue weighted by atomic mass is 10.6. The van der Waals surface area contributed by atoms with Crippen molar-refractivity contribution in [1.29, 1.82) is 0 Å². The Kier molecular flexibility index (Phi) is 10.2. The van der Waals surface area contributed by atoms with Gasteiger partial charge in [0, 0.05) is 11.8 Å². The lowest BCUT2D eigenvalue weighted by Crippen LogP contribution is -2.14. The fourth-order valence-corrected chi connectivity index (χ4v) is 0.792. The first-order valence-electron chi connectivity index (χ1n) is 5.13. The van der Waals surface area contributed by atoms with Gasteiger partial charge in [0.05, 0.1) is 26.4 Å². The second-order valence-electron chi connectivity index (χ2n) is 2.79. The Bertz CT molecular complexity index is 301. The second-order valence-corrected chi connectivity index (χ2v) is 2.79. The molecule has 0 rings (SSSR count). The van der Waals surface area contributed by atoms with Crippen molar-refractivity contribution in [2.45, 2.75) is 0 Å². The first kappa shape index (κ1) is 16.0. The van der Waals surface area contributed by atoms with Crippen molar-refractivity contribution >= 4 is 11.9 Å². The average Bonchev–Trinajstić information content (AvgIpc) is 2.40. The van der Waals surface area contributed by atoms with Gasteiger partial charge >= 0.3 is 11.9 Å². The molecule has 0 spiro atoms. The summed E-state index contributed by atoms with van der Waals surface area (Å²) in [7, 11) is 0. The molecule has 0 fully saturated rings. The minimum atomic E-state index is -0.717. The van der Waals surface area contributed by atoms with Gasteiger partial charge in [0.25, 0.3) is 0 Å². The molecule has 0 unspecified atom stereocenters. The normalized spacial score (nSPS) is 9.00. The Morgan fingerprint density at radius 3 is 1.39 bits per heavy atom. The van der Waals surface area contributed by atoms with E-state index in [1.54, 1.807) is 0 Å². The fourth-order valence-electron chi connectivity index (χ4n) is 0.792. The third-order valence-corrected chi connectivity index (χ3v) is 1.53. The molecule has 0 saturated heterocycles. The van der Waals surface area contributed by atoms with Crippen LogP contribution in [0.25, 0.3) is 0 Å². The molecule has 0 aromatic heterocycles. The van der Waals surface area contributed by atoms with Crippen molar-refractivity contribution in [3.8, 4) is 24.7 Å². The summed E-state index contributed by atoms with van der Waals surface area (Å²) >= 11 is 0. The van der Waals surface area contributed by atoms with E-state index in [0.29, 0.717) is 13.2 Å². The van der Waals surface area contributed by atoms with E-state index in [1.807, 2.05) is 11.8 Å². The summed E-state index contributed by atoms with van der Waals surface area (Å²) in [6, 6.07) is 0. The summed E-state index contributed by atoms with van der Waals surface area (Å²) < 4.78 is 19.2.